The summed E-state index contributed by atoms with van der Waals surface area (Å²) in [6, 6.07) is 7.97. The van der Waals surface area contributed by atoms with E-state index in [1.54, 1.807) is 0 Å². The number of halogens is 4. The lowest BCUT2D eigenvalue weighted by Gasteiger charge is -2.11. The first kappa shape index (κ1) is 17.6. The number of rotatable bonds is 4. The average molecular weight is 367 g/mol. The minimum Gasteiger partial charge on any atom is -0.487 e. The second-order valence-electron chi connectivity index (χ2n) is 4.55. The molecular formula is C14H10ClF3O4S. The van der Waals surface area contributed by atoms with Crippen LogP contribution in [0.2, 0.25) is 5.02 Å². The molecule has 9 heteroatoms. The summed E-state index contributed by atoms with van der Waals surface area (Å²) in [5.74, 6) is 0.0249. The van der Waals surface area contributed by atoms with Gasteiger partial charge < -0.3 is 4.74 Å². The molecule has 0 atom stereocenters. The van der Waals surface area contributed by atoms with E-state index in [4.69, 9.17) is 20.9 Å². The van der Waals surface area contributed by atoms with Crippen molar-refractivity contribution in [1.82, 2.24) is 0 Å². The van der Waals surface area contributed by atoms with Gasteiger partial charge in [-0.05, 0) is 35.9 Å². The fourth-order valence-corrected chi connectivity index (χ4v) is 2.54. The molecule has 0 amide bonds. The van der Waals surface area contributed by atoms with Crippen molar-refractivity contribution in [3.63, 3.8) is 0 Å². The molecule has 0 spiro atoms. The topological polar surface area (TPSA) is 63.6 Å². The standard InChI is InChI=1S/C14H10ClF3O4S/c15-12-7-10(14(16,17)18)4-5-13(12)22-8-9-2-1-3-11(6-9)23(19,20)21/h1-7H,8H2,(H,19,20,21). The third-order valence-corrected chi connectivity index (χ3v) is 3.99. The van der Waals surface area contributed by atoms with E-state index in [1.807, 2.05) is 0 Å². The predicted octanol–water partition coefficient (Wildman–Crippen LogP) is 4.18. The van der Waals surface area contributed by atoms with Crippen LogP contribution in [0.4, 0.5) is 13.2 Å². The Labute approximate surface area is 135 Å². The molecule has 0 radical (unpaired) electrons. The maximum absolute atomic E-state index is 12.5. The van der Waals surface area contributed by atoms with E-state index in [1.165, 1.54) is 24.3 Å². The number of alkyl halides is 3. The van der Waals surface area contributed by atoms with Gasteiger partial charge in [0.1, 0.15) is 12.4 Å². The van der Waals surface area contributed by atoms with Crippen LogP contribution in [0.3, 0.4) is 0 Å². The first-order valence-corrected chi connectivity index (χ1v) is 7.95. The van der Waals surface area contributed by atoms with Crippen LogP contribution in [0.25, 0.3) is 0 Å². The smallest absolute Gasteiger partial charge is 0.416 e. The van der Waals surface area contributed by atoms with Gasteiger partial charge in [-0.25, -0.2) is 0 Å². The molecular weight excluding hydrogens is 357 g/mol. The first-order valence-electron chi connectivity index (χ1n) is 6.13. The van der Waals surface area contributed by atoms with Crippen LogP contribution in [-0.2, 0) is 22.9 Å². The minimum absolute atomic E-state index is 0.0249. The monoisotopic (exact) mass is 366 g/mol. The first-order chi connectivity index (χ1) is 10.6. The van der Waals surface area contributed by atoms with E-state index in [2.05, 4.69) is 0 Å². The Morgan fingerprint density at radius 1 is 1.13 bits per heavy atom. The van der Waals surface area contributed by atoms with E-state index >= 15 is 0 Å². The van der Waals surface area contributed by atoms with Gasteiger partial charge in [0, 0.05) is 0 Å². The number of benzene rings is 2. The van der Waals surface area contributed by atoms with Crippen LogP contribution in [0.1, 0.15) is 11.1 Å². The molecule has 2 rings (SSSR count). The molecule has 1 N–H and O–H groups in total. The zero-order chi connectivity index (χ0) is 17.3. The Morgan fingerprint density at radius 2 is 1.83 bits per heavy atom. The Balaban J connectivity index is 2.16. The van der Waals surface area contributed by atoms with E-state index in [9.17, 15) is 21.6 Å². The maximum atomic E-state index is 12.5. The van der Waals surface area contributed by atoms with Crippen molar-refractivity contribution >= 4 is 21.7 Å². The molecule has 0 fully saturated rings. The summed E-state index contributed by atoms with van der Waals surface area (Å²) in [6.45, 7) is -0.131. The fraction of sp³-hybridized carbons (Fsp3) is 0.143. The molecule has 0 heterocycles. The molecule has 0 saturated carbocycles. The van der Waals surface area contributed by atoms with E-state index in [0.29, 0.717) is 5.56 Å². The van der Waals surface area contributed by atoms with Gasteiger partial charge in [0.2, 0.25) is 0 Å². The summed E-state index contributed by atoms with van der Waals surface area (Å²) in [6.07, 6.45) is -4.51. The van der Waals surface area contributed by atoms with Crippen LogP contribution in [0.15, 0.2) is 47.4 Å². The van der Waals surface area contributed by atoms with E-state index in [-0.39, 0.29) is 22.3 Å². The molecule has 0 aliphatic carbocycles. The lowest BCUT2D eigenvalue weighted by atomic mass is 10.2. The van der Waals surface area contributed by atoms with Gasteiger partial charge in [-0.3, -0.25) is 4.55 Å². The molecule has 0 aliphatic heterocycles. The van der Waals surface area contributed by atoms with Gasteiger partial charge in [-0.1, -0.05) is 23.7 Å². The van der Waals surface area contributed by atoms with Crippen LogP contribution in [-0.4, -0.2) is 13.0 Å². The molecule has 0 aromatic heterocycles. The van der Waals surface area contributed by atoms with Gasteiger partial charge in [0.25, 0.3) is 10.1 Å². The van der Waals surface area contributed by atoms with Crippen molar-refractivity contribution in [2.24, 2.45) is 0 Å². The Morgan fingerprint density at radius 3 is 2.39 bits per heavy atom. The molecule has 0 unspecified atom stereocenters. The second-order valence-corrected chi connectivity index (χ2v) is 6.38. The van der Waals surface area contributed by atoms with Crippen LogP contribution in [0, 0.1) is 0 Å². The van der Waals surface area contributed by atoms with Gasteiger partial charge in [-0.2, -0.15) is 21.6 Å². The van der Waals surface area contributed by atoms with E-state index in [0.717, 1.165) is 18.2 Å². The third-order valence-electron chi connectivity index (χ3n) is 2.85. The predicted molar refractivity (Wildman–Crippen MR) is 77.0 cm³/mol. The van der Waals surface area contributed by atoms with Crippen molar-refractivity contribution in [3.8, 4) is 5.75 Å². The van der Waals surface area contributed by atoms with Crippen molar-refractivity contribution in [1.29, 1.82) is 0 Å². The van der Waals surface area contributed by atoms with Crippen molar-refractivity contribution in [2.75, 3.05) is 0 Å². The molecule has 0 bridgehead atoms. The normalized spacial score (nSPS) is 12.2. The average Bonchev–Trinajstić information content (AvgIpc) is 2.44. The molecule has 124 valence electrons. The van der Waals surface area contributed by atoms with Crippen LogP contribution < -0.4 is 4.74 Å². The Hall–Kier alpha value is -1.77. The zero-order valence-electron chi connectivity index (χ0n) is 11.3. The van der Waals surface area contributed by atoms with Crippen LogP contribution >= 0.6 is 11.6 Å². The molecule has 23 heavy (non-hydrogen) atoms. The van der Waals surface area contributed by atoms with Gasteiger partial charge in [-0.15, -0.1) is 0 Å². The van der Waals surface area contributed by atoms with Gasteiger partial charge >= 0.3 is 6.18 Å². The van der Waals surface area contributed by atoms with Crippen molar-refractivity contribution < 1.29 is 30.9 Å². The minimum atomic E-state index is -4.51. The van der Waals surface area contributed by atoms with E-state index < -0.39 is 21.9 Å². The largest absolute Gasteiger partial charge is 0.487 e. The quantitative estimate of drug-likeness (QED) is 0.824. The van der Waals surface area contributed by atoms with Crippen LogP contribution in [0.5, 0.6) is 5.75 Å². The lowest BCUT2D eigenvalue weighted by molar-refractivity contribution is -0.137. The van der Waals surface area contributed by atoms with Gasteiger partial charge in [0.05, 0.1) is 15.5 Å². The molecule has 4 nitrogen and oxygen atoms in total. The number of hydrogen-bond acceptors (Lipinski definition) is 3. The second kappa shape index (κ2) is 6.38. The van der Waals surface area contributed by atoms with Crippen molar-refractivity contribution in [3.05, 3.63) is 58.6 Å². The highest BCUT2D eigenvalue weighted by molar-refractivity contribution is 7.85. The summed E-state index contributed by atoms with van der Waals surface area (Å²) in [5.41, 5.74) is -0.501. The molecule has 0 saturated heterocycles. The molecule has 0 aliphatic rings. The number of ether oxygens (including phenoxy) is 1. The zero-order valence-corrected chi connectivity index (χ0v) is 12.9. The summed E-state index contributed by atoms with van der Waals surface area (Å²) < 4.78 is 73.9. The summed E-state index contributed by atoms with van der Waals surface area (Å²) >= 11 is 5.74. The Bertz CT molecular complexity index is 819. The fourth-order valence-electron chi connectivity index (χ4n) is 1.75. The maximum Gasteiger partial charge on any atom is 0.416 e. The highest BCUT2D eigenvalue weighted by Crippen LogP contribution is 2.34. The van der Waals surface area contributed by atoms with Crippen molar-refractivity contribution in [2.45, 2.75) is 17.7 Å². The highest BCUT2D eigenvalue weighted by atomic mass is 35.5. The highest BCUT2D eigenvalue weighted by Gasteiger charge is 2.31. The van der Waals surface area contributed by atoms with Gasteiger partial charge in [0.15, 0.2) is 0 Å². The molecule has 2 aromatic rings. The third kappa shape index (κ3) is 4.60. The SMILES string of the molecule is O=S(=O)(O)c1cccc(COc2ccc(C(F)(F)F)cc2Cl)c1. The Kier molecular flexibility index (Phi) is 4.88. The summed E-state index contributed by atoms with van der Waals surface area (Å²) in [5, 5.41) is -0.217. The number of hydrogen-bond donors (Lipinski definition) is 1. The molecule has 2 aromatic carbocycles. The lowest BCUT2D eigenvalue weighted by Crippen LogP contribution is -2.05. The summed E-state index contributed by atoms with van der Waals surface area (Å²) in [7, 11) is -4.35. The summed E-state index contributed by atoms with van der Waals surface area (Å²) in [4.78, 5) is -0.308.